The van der Waals surface area contributed by atoms with Gasteiger partial charge in [0.2, 0.25) is 0 Å². The Bertz CT molecular complexity index is 717. The zero-order valence-corrected chi connectivity index (χ0v) is 10.4. The van der Waals surface area contributed by atoms with Gasteiger partial charge < -0.3 is 9.52 Å². The molecule has 5 nitrogen and oxygen atoms in total. The fourth-order valence-corrected chi connectivity index (χ4v) is 2.87. The molecule has 2 aromatic rings. The first-order chi connectivity index (χ1) is 8.90. The largest absolute Gasteiger partial charge is 0.478 e. The predicted molar refractivity (Wildman–Crippen MR) is 63.0 cm³/mol. The maximum absolute atomic E-state index is 13.0. The first-order valence-corrected chi connectivity index (χ1v) is 6.83. The van der Waals surface area contributed by atoms with Crippen LogP contribution in [0, 0.1) is 5.82 Å². The molecule has 0 unspecified atom stereocenters. The van der Waals surface area contributed by atoms with Crippen molar-refractivity contribution in [3.63, 3.8) is 0 Å². The van der Waals surface area contributed by atoms with Crippen molar-refractivity contribution < 1.29 is 27.1 Å². The van der Waals surface area contributed by atoms with Crippen molar-refractivity contribution in [3.8, 4) is 0 Å². The number of hydrogen-bond donors (Lipinski definition) is 1. The standard InChI is InChI=1S/C12H9FO5S/c13-8-2-1-3-9(6-8)19(16,17)7-11-10(12(14)15)4-5-18-11/h1-6H,7H2,(H,14,15). The summed E-state index contributed by atoms with van der Waals surface area (Å²) in [4.78, 5) is 10.6. The SMILES string of the molecule is O=C(O)c1ccoc1CS(=O)(=O)c1cccc(F)c1. The number of hydrogen-bond acceptors (Lipinski definition) is 4. The van der Waals surface area contributed by atoms with Gasteiger partial charge in [-0.3, -0.25) is 0 Å². The van der Waals surface area contributed by atoms with Crippen LogP contribution in [0.3, 0.4) is 0 Å². The molecule has 0 aliphatic heterocycles. The number of carboxylic acid groups (broad SMARTS) is 1. The van der Waals surface area contributed by atoms with E-state index in [1.54, 1.807) is 0 Å². The van der Waals surface area contributed by atoms with E-state index in [9.17, 15) is 17.6 Å². The number of furan rings is 1. The van der Waals surface area contributed by atoms with Gasteiger partial charge >= 0.3 is 5.97 Å². The summed E-state index contributed by atoms with van der Waals surface area (Å²) < 4.78 is 41.9. The Morgan fingerprint density at radius 3 is 2.68 bits per heavy atom. The van der Waals surface area contributed by atoms with Gasteiger partial charge in [0.1, 0.15) is 22.9 Å². The average molecular weight is 284 g/mol. The number of rotatable bonds is 4. The number of benzene rings is 1. The van der Waals surface area contributed by atoms with Gasteiger partial charge in [-0.2, -0.15) is 0 Å². The monoisotopic (exact) mass is 284 g/mol. The van der Waals surface area contributed by atoms with Gasteiger partial charge in [-0.05, 0) is 24.3 Å². The van der Waals surface area contributed by atoms with Crippen LogP contribution >= 0.6 is 0 Å². The van der Waals surface area contributed by atoms with Crippen LogP contribution in [-0.4, -0.2) is 19.5 Å². The zero-order chi connectivity index (χ0) is 14.0. The first-order valence-electron chi connectivity index (χ1n) is 5.18. The van der Waals surface area contributed by atoms with E-state index < -0.39 is 27.4 Å². The second kappa shape index (κ2) is 4.85. The van der Waals surface area contributed by atoms with Gasteiger partial charge in [0, 0.05) is 0 Å². The second-order valence-electron chi connectivity index (χ2n) is 3.78. The van der Waals surface area contributed by atoms with Crippen LogP contribution in [-0.2, 0) is 15.6 Å². The molecule has 1 aromatic carbocycles. The summed E-state index contributed by atoms with van der Waals surface area (Å²) in [5.74, 6) is -2.78. The highest BCUT2D eigenvalue weighted by Gasteiger charge is 2.22. The third kappa shape index (κ3) is 2.82. The molecule has 100 valence electrons. The highest BCUT2D eigenvalue weighted by Crippen LogP contribution is 2.20. The molecule has 0 atom stereocenters. The van der Waals surface area contributed by atoms with E-state index in [1.807, 2.05) is 0 Å². The van der Waals surface area contributed by atoms with Crippen LogP contribution in [0.25, 0.3) is 0 Å². The minimum atomic E-state index is -3.86. The smallest absolute Gasteiger partial charge is 0.339 e. The van der Waals surface area contributed by atoms with Crippen molar-refractivity contribution >= 4 is 15.8 Å². The molecule has 0 saturated carbocycles. The van der Waals surface area contributed by atoms with Gasteiger partial charge in [-0.1, -0.05) is 6.07 Å². The Balaban J connectivity index is 2.37. The molecule has 0 radical (unpaired) electrons. The highest BCUT2D eigenvalue weighted by molar-refractivity contribution is 7.90. The summed E-state index contributed by atoms with van der Waals surface area (Å²) in [6.07, 6.45) is 1.10. The van der Waals surface area contributed by atoms with E-state index in [1.165, 1.54) is 18.2 Å². The zero-order valence-electron chi connectivity index (χ0n) is 9.54. The maximum Gasteiger partial charge on any atom is 0.339 e. The molecule has 0 aliphatic carbocycles. The Morgan fingerprint density at radius 1 is 1.32 bits per heavy atom. The number of sulfone groups is 1. The number of halogens is 1. The van der Waals surface area contributed by atoms with Crippen molar-refractivity contribution in [2.24, 2.45) is 0 Å². The molecular weight excluding hydrogens is 275 g/mol. The second-order valence-corrected chi connectivity index (χ2v) is 5.77. The van der Waals surface area contributed by atoms with Crippen LogP contribution in [0.5, 0.6) is 0 Å². The van der Waals surface area contributed by atoms with E-state index in [0.29, 0.717) is 0 Å². The Labute approximate surface area is 108 Å². The molecule has 0 spiro atoms. The minimum Gasteiger partial charge on any atom is -0.478 e. The summed E-state index contributed by atoms with van der Waals surface area (Å²) in [6, 6.07) is 5.66. The fourth-order valence-electron chi connectivity index (χ4n) is 1.56. The quantitative estimate of drug-likeness (QED) is 0.929. The summed E-state index contributed by atoms with van der Waals surface area (Å²) >= 11 is 0. The van der Waals surface area contributed by atoms with Crippen LogP contribution in [0.2, 0.25) is 0 Å². The van der Waals surface area contributed by atoms with Crippen molar-refractivity contribution in [2.75, 3.05) is 0 Å². The Morgan fingerprint density at radius 2 is 2.05 bits per heavy atom. The fraction of sp³-hybridized carbons (Fsp3) is 0.0833. The molecule has 0 amide bonds. The summed E-state index contributed by atoms with van der Waals surface area (Å²) in [7, 11) is -3.86. The third-order valence-electron chi connectivity index (χ3n) is 2.45. The molecule has 1 aromatic heterocycles. The molecular formula is C12H9FO5S. The topological polar surface area (TPSA) is 84.6 Å². The molecule has 0 saturated heterocycles. The van der Waals surface area contributed by atoms with Gasteiger partial charge in [0.15, 0.2) is 9.84 Å². The van der Waals surface area contributed by atoms with E-state index in [4.69, 9.17) is 9.52 Å². The van der Waals surface area contributed by atoms with Gasteiger partial charge in [0.05, 0.1) is 11.2 Å². The minimum absolute atomic E-state index is 0.184. The first kappa shape index (κ1) is 13.3. The predicted octanol–water partition coefficient (Wildman–Crippen LogP) is 2.09. The van der Waals surface area contributed by atoms with Crippen LogP contribution in [0.1, 0.15) is 16.1 Å². The summed E-state index contributed by atoms with van der Waals surface area (Å²) in [5.41, 5.74) is -0.222. The third-order valence-corrected chi connectivity index (χ3v) is 4.07. The van der Waals surface area contributed by atoms with Crippen molar-refractivity contribution in [3.05, 3.63) is 53.7 Å². The number of carbonyl (C=O) groups is 1. The molecule has 19 heavy (non-hydrogen) atoms. The molecule has 1 heterocycles. The van der Waals surface area contributed by atoms with Gasteiger partial charge in [0.25, 0.3) is 0 Å². The van der Waals surface area contributed by atoms with E-state index in [0.717, 1.165) is 18.4 Å². The molecule has 0 aliphatic rings. The van der Waals surface area contributed by atoms with Crippen molar-refractivity contribution in [1.82, 2.24) is 0 Å². The molecule has 1 N–H and O–H groups in total. The normalized spacial score (nSPS) is 11.4. The van der Waals surface area contributed by atoms with Crippen molar-refractivity contribution in [2.45, 2.75) is 10.6 Å². The lowest BCUT2D eigenvalue weighted by molar-refractivity contribution is 0.0695. The summed E-state index contributed by atoms with van der Waals surface area (Å²) in [6.45, 7) is 0. The van der Waals surface area contributed by atoms with E-state index in [2.05, 4.69) is 0 Å². The molecule has 2 rings (SSSR count). The Kier molecular flexibility index (Phi) is 3.39. The lowest BCUT2D eigenvalue weighted by Gasteiger charge is -2.03. The van der Waals surface area contributed by atoms with E-state index in [-0.39, 0.29) is 16.2 Å². The molecule has 7 heteroatoms. The highest BCUT2D eigenvalue weighted by atomic mass is 32.2. The van der Waals surface area contributed by atoms with Crippen LogP contribution in [0.4, 0.5) is 4.39 Å². The molecule has 0 fully saturated rings. The van der Waals surface area contributed by atoms with Crippen LogP contribution < -0.4 is 0 Å². The Hall–Kier alpha value is -2.15. The number of aromatic carboxylic acids is 1. The van der Waals surface area contributed by atoms with Crippen LogP contribution in [0.15, 0.2) is 45.9 Å². The van der Waals surface area contributed by atoms with Crippen molar-refractivity contribution in [1.29, 1.82) is 0 Å². The van der Waals surface area contributed by atoms with Gasteiger partial charge in [-0.25, -0.2) is 17.6 Å². The van der Waals surface area contributed by atoms with Gasteiger partial charge in [-0.15, -0.1) is 0 Å². The maximum atomic E-state index is 13.0. The lowest BCUT2D eigenvalue weighted by Crippen LogP contribution is -2.08. The summed E-state index contributed by atoms with van der Waals surface area (Å²) in [5, 5.41) is 8.85. The lowest BCUT2D eigenvalue weighted by atomic mass is 10.3. The van der Waals surface area contributed by atoms with E-state index >= 15 is 0 Å². The number of carboxylic acids is 1. The molecule has 0 bridgehead atoms. The average Bonchev–Trinajstić information content (AvgIpc) is 2.76.